The molecule has 0 saturated carbocycles. The minimum Gasteiger partial charge on any atom is -0.481 e. The zero-order chi connectivity index (χ0) is 19.9. The molecule has 1 aromatic heterocycles. The van der Waals surface area contributed by atoms with E-state index in [1.54, 1.807) is 13.3 Å². The van der Waals surface area contributed by atoms with Crippen molar-refractivity contribution in [1.82, 2.24) is 4.98 Å². The molecule has 1 aromatic carbocycles. The number of fused-ring (bicyclic) bond motifs is 2. The van der Waals surface area contributed by atoms with Crippen LogP contribution in [0.3, 0.4) is 0 Å². The van der Waals surface area contributed by atoms with E-state index < -0.39 is 0 Å². The van der Waals surface area contributed by atoms with E-state index in [0.717, 1.165) is 47.2 Å². The molecule has 0 radical (unpaired) electrons. The van der Waals surface area contributed by atoms with Crippen molar-refractivity contribution in [2.24, 2.45) is 4.99 Å². The molecule has 0 spiro atoms. The zero-order valence-electron chi connectivity index (χ0n) is 16.6. The van der Waals surface area contributed by atoms with Gasteiger partial charge in [0.25, 0.3) is 0 Å². The van der Waals surface area contributed by atoms with Gasteiger partial charge in [0.2, 0.25) is 5.90 Å². The number of allylic oxidation sites excluding steroid dienone is 1. The average molecular weight is 378 g/mol. The molecule has 0 atom stereocenters. The third-order valence-electron chi connectivity index (χ3n) is 4.50. The van der Waals surface area contributed by atoms with Gasteiger partial charge in [0, 0.05) is 29.9 Å². The van der Waals surface area contributed by atoms with Crippen LogP contribution >= 0.6 is 0 Å². The summed E-state index contributed by atoms with van der Waals surface area (Å²) in [5.74, 6) is 0.470. The summed E-state index contributed by atoms with van der Waals surface area (Å²) < 4.78 is 10.7. The molecule has 5 heteroatoms. The molecule has 0 bridgehead atoms. The van der Waals surface area contributed by atoms with Crippen molar-refractivity contribution < 1.29 is 14.3 Å². The minimum absolute atomic E-state index is 0.0592. The first-order valence-corrected chi connectivity index (χ1v) is 9.66. The zero-order valence-corrected chi connectivity index (χ0v) is 16.6. The SMILES string of the molecule is COC1=Nc2ccncc2/C(=C\CCCCC(=O)OC(C)C)c2ccccc21. The first-order chi connectivity index (χ1) is 13.6. The van der Waals surface area contributed by atoms with Gasteiger partial charge in [0.05, 0.1) is 18.9 Å². The molecule has 0 N–H and O–H groups in total. The van der Waals surface area contributed by atoms with Crippen LogP contribution in [0, 0.1) is 0 Å². The molecular formula is C23H26N2O3. The monoisotopic (exact) mass is 378 g/mol. The lowest BCUT2D eigenvalue weighted by Gasteiger charge is -2.11. The molecule has 1 aliphatic heterocycles. The fourth-order valence-corrected chi connectivity index (χ4v) is 3.27. The van der Waals surface area contributed by atoms with E-state index in [4.69, 9.17) is 14.5 Å². The Balaban J connectivity index is 1.81. The van der Waals surface area contributed by atoms with Gasteiger partial charge in [-0.05, 0) is 56.4 Å². The van der Waals surface area contributed by atoms with E-state index in [1.165, 1.54) is 0 Å². The molecule has 1 aliphatic rings. The maximum absolute atomic E-state index is 11.7. The highest BCUT2D eigenvalue weighted by atomic mass is 16.5. The van der Waals surface area contributed by atoms with Crippen LogP contribution in [0.2, 0.25) is 0 Å². The molecule has 0 fully saturated rings. The number of aliphatic imine (C=N–C) groups is 1. The molecule has 2 aromatic rings. The number of hydrogen-bond acceptors (Lipinski definition) is 5. The standard InChI is InChI=1S/C23H26N2O3/c1-16(2)28-22(26)12-6-4-5-9-18-17-10-7-8-11-19(17)23(27-3)25-21-13-14-24-15-20(18)21/h7-11,13-16H,4-6,12H2,1-3H3/b18-9-. The third-order valence-corrected chi connectivity index (χ3v) is 4.50. The van der Waals surface area contributed by atoms with Crippen LogP contribution in [0.15, 0.2) is 53.8 Å². The van der Waals surface area contributed by atoms with Gasteiger partial charge < -0.3 is 9.47 Å². The summed E-state index contributed by atoms with van der Waals surface area (Å²) in [4.78, 5) is 20.7. The second kappa shape index (κ2) is 9.31. The molecule has 146 valence electrons. The number of esters is 1. The number of hydrogen-bond donors (Lipinski definition) is 0. The van der Waals surface area contributed by atoms with Crippen molar-refractivity contribution in [2.45, 2.75) is 45.6 Å². The van der Waals surface area contributed by atoms with Crippen LogP contribution in [0.1, 0.15) is 56.2 Å². The second-order valence-corrected chi connectivity index (χ2v) is 6.96. The van der Waals surface area contributed by atoms with Crippen LogP contribution in [0.4, 0.5) is 5.69 Å². The van der Waals surface area contributed by atoms with Gasteiger partial charge in [-0.25, -0.2) is 4.99 Å². The van der Waals surface area contributed by atoms with Crippen LogP contribution in [-0.4, -0.2) is 30.1 Å². The number of carbonyl (C=O) groups excluding carboxylic acids is 1. The van der Waals surface area contributed by atoms with Gasteiger partial charge in [-0.15, -0.1) is 0 Å². The average Bonchev–Trinajstić information content (AvgIpc) is 2.82. The number of rotatable bonds is 6. The van der Waals surface area contributed by atoms with Crippen LogP contribution in [0.25, 0.3) is 5.57 Å². The van der Waals surface area contributed by atoms with E-state index in [2.05, 4.69) is 17.1 Å². The molecule has 0 saturated heterocycles. The molecule has 0 unspecified atom stereocenters. The number of aromatic nitrogens is 1. The number of unbranched alkanes of at least 4 members (excludes halogenated alkanes) is 2. The molecule has 2 heterocycles. The van der Waals surface area contributed by atoms with Crippen molar-refractivity contribution in [3.63, 3.8) is 0 Å². The quantitative estimate of drug-likeness (QED) is 0.520. The summed E-state index contributed by atoms with van der Waals surface area (Å²) in [6.07, 6.45) is 8.76. The van der Waals surface area contributed by atoms with Crippen molar-refractivity contribution in [3.8, 4) is 0 Å². The lowest BCUT2D eigenvalue weighted by atomic mass is 9.93. The van der Waals surface area contributed by atoms with Crippen LogP contribution in [-0.2, 0) is 14.3 Å². The third kappa shape index (κ3) is 4.66. The number of carbonyl (C=O) groups is 1. The Kier molecular flexibility index (Phi) is 6.58. The van der Waals surface area contributed by atoms with Gasteiger partial charge in [0.15, 0.2) is 0 Å². The maximum Gasteiger partial charge on any atom is 0.306 e. The van der Waals surface area contributed by atoms with Crippen molar-refractivity contribution in [2.75, 3.05) is 7.11 Å². The second-order valence-electron chi connectivity index (χ2n) is 6.96. The van der Waals surface area contributed by atoms with Crippen LogP contribution < -0.4 is 0 Å². The van der Waals surface area contributed by atoms with Crippen molar-refractivity contribution in [1.29, 1.82) is 0 Å². The van der Waals surface area contributed by atoms with E-state index in [1.807, 2.05) is 44.3 Å². The number of ether oxygens (including phenoxy) is 2. The highest BCUT2D eigenvalue weighted by Gasteiger charge is 2.21. The predicted octanol–water partition coefficient (Wildman–Crippen LogP) is 5.06. The van der Waals surface area contributed by atoms with E-state index in [9.17, 15) is 4.79 Å². The minimum atomic E-state index is -0.129. The Hall–Kier alpha value is -2.95. The van der Waals surface area contributed by atoms with Gasteiger partial charge in [-0.1, -0.05) is 24.3 Å². The summed E-state index contributed by atoms with van der Waals surface area (Å²) in [7, 11) is 1.64. The summed E-state index contributed by atoms with van der Waals surface area (Å²) >= 11 is 0. The van der Waals surface area contributed by atoms with Crippen molar-refractivity contribution in [3.05, 3.63) is 65.5 Å². The molecule has 5 nitrogen and oxygen atoms in total. The highest BCUT2D eigenvalue weighted by Crippen LogP contribution is 2.36. The lowest BCUT2D eigenvalue weighted by molar-refractivity contribution is -0.147. The smallest absolute Gasteiger partial charge is 0.306 e. The Morgan fingerprint density at radius 3 is 2.64 bits per heavy atom. The molecule has 3 rings (SSSR count). The Morgan fingerprint density at radius 2 is 1.89 bits per heavy atom. The Morgan fingerprint density at radius 1 is 1.11 bits per heavy atom. The number of benzene rings is 1. The summed E-state index contributed by atoms with van der Waals surface area (Å²) in [5, 5.41) is 0. The van der Waals surface area contributed by atoms with Gasteiger partial charge in [0.1, 0.15) is 0 Å². The summed E-state index contributed by atoms with van der Waals surface area (Å²) in [6.45, 7) is 3.74. The number of nitrogens with zero attached hydrogens (tertiary/aromatic N) is 2. The lowest BCUT2D eigenvalue weighted by Crippen LogP contribution is -2.10. The van der Waals surface area contributed by atoms with Gasteiger partial charge >= 0.3 is 5.97 Å². The van der Waals surface area contributed by atoms with E-state index >= 15 is 0 Å². The van der Waals surface area contributed by atoms with Crippen LogP contribution in [0.5, 0.6) is 0 Å². The molecule has 28 heavy (non-hydrogen) atoms. The molecule has 0 aliphatic carbocycles. The first-order valence-electron chi connectivity index (χ1n) is 9.66. The predicted molar refractivity (Wildman–Crippen MR) is 111 cm³/mol. The fourth-order valence-electron chi connectivity index (χ4n) is 3.27. The van der Waals surface area contributed by atoms with Gasteiger partial charge in [-0.2, -0.15) is 0 Å². The van der Waals surface area contributed by atoms with Crippen molar-refractivity contribution >= 4 is 23.1 Å². The highest BCUT2D eigenvalue weighted by molar-refractivity contribution is 6.05. The number of methoxy groups -OCH3 is 1. The molecular weight excluding hydrogens is 352 g/mol. The topological polar surface area (TPSA) is 60.8 Å². The maximum atomic E-state index is 11.7. The normalized spacial score (nSPS) is 14.1. The Bertz CT molecular complexity index is 900. The van der Waals surface area contributed by atoms with E-state index in [-0.39, 0.29) is 12.1 Å². The molecule has 0 amide bonds. The van der Waals surface area contributed by atoms with Gasteiger partial charge in [-0.3, -0.25) is 9.78 Å². The fraction of sp³-hybridized carbons (Fsp3) is 0.348. The number of pyridine rings is 1. The summed E-state index contributed by atoms with van der Waals surface area (Å²) in [6, 6.07) is 10.0. The van der Waals surface area contributed by atoms with E-state index in [0.29, 0.717) is 12.3 Å². The first kappa shape index (κ1) is 19.8. The summed E-state index contributed by atoms with van der Waals surface area (Å²) in [5.41, 5.74) is 4.97. The Labute approximate surface area is 166 Å². The largest absolute Gasteiger partial charge is 0.481 e.